The van der Waals surface area contributed by atoms with E-state index in [2.05, 4.69) is 5.32 Å². The normalized spacial score (nSPS) is 11.8. The number of benzene rings is 4. The Hall–Kier alpha value is -4.83. The molecule has 1 atom stereocenters. The van der Waals surface area contributed by atoms with Crippen molar-refractivity contribution in [3.05, 3.63) is 119 Å². The molecule has 236 valence electrons. The van der Waals surface area contributed by atoms with Crippen LogP contribution in [0.2, 0.25) is 0 Å². The minimum Gasteiger partial charge on any atom is -0.497 e. The Morgan fingerprint density at radius 2 is 1.47 bits per heavy atom. The van der Waals surface area contributed by atoms with Gasteiger partial charge in [-0.15, -0.1) is 0 Å². The number of ether oxygens (including phenoxy) is 2. The molecule has 2 amide bonds. The third kappa shape index (κ3) is 8.02. The first-order valence-corrected chi connectivity index (χ1v) is 15.9. The maximum atomic E-state index is 14.5. The van der Waals surface area contributed by atoms with Gasteiger partial charge >= 0.3 is 0 Å². The van der Waals surface area contributed by atoms with Crippen LogP contribution in [0.25, 0.3) is 0 Å². The number of nitrogens with zero attached hydrogens (tertiary/aromatic N) is 2. The van der Waals surface area contributed by atoms with E-state index >= 15 is 0 Å². The molecule has 1 N–H and O–H groups in total. The van der Waals surface area contributed by atoms with E-state index in [0.717, 1.165) is 21.0 Å². The first-order valence-electron chi connectivity index (χ1n) is 14.5. The number of hydrogen-bond acceptors (Lipinski definition) is 6. The lowest BCUT2D eigenvalue weighted by atomic mass is 10.0. The highest BCUT2D eigenvalue weighted by atomic mass is 32.2. The fourth-order valence-corrected chi connectivity index (χ4v) is 6.45. The smallest absolute Gasteiger partial charge is 0.264 e. The molecule has 10 heteroatoms. The molecule has 4 rings (SSSR count). The summed E-state index contributed by atoms with van der Waals surface area (Å²) >= 11 is 0. The van der Waals surface area contributed by atoms with Gasteiger partial charge in [-0.05, 0) is 66.9 Å². The number of aryl methyl sites for hydroxylation is 2. The molecule has 0 radical (unpaired) electrons. The van der Waals surface area contributed by atoms with Crippen LogP contribution in [0.4, 0.5) is 5.69 Å². The molecule has 45 heavy (non-hydrogen) atoms. The second kappa shape index (κ2) is 14.8. The Kier molecular flexibility index (Phi) is 10.9. The van der Waals surface area contributed by atoms with Gasteiger partial charge in [0.05, 0.1) is 24.8 Å². The Bertz CT molecular complexity index is 1730. The third-order valence-electron chi connectivity index (χ3n) is 7.50. The second-order valence-corrected chi connectivity index (χ2v) is 12.6. The maximum absolute atomic E-state index is 14.5. The maximum Gasteiger partial charge on any atom is 0.264 e. The highest BCUT2D eigenvalue weighted by molar-refractivity contribution is 7.92. The van der Waals surface area contributed by atoms with Crippen LogP contribution < -0.4 is 19.1 Å². The fourth-order valence-electron chi connectivity index (χ4n) is 5.03. The Morgan fingerprint density at radius 1 is 0.800 bits per heavy atom. The predicted octanol–water partition coefficient (Wildman–Crippen LogP) is 4.90. The van der Waals surface area contributed by atoms with Crippen molar-refractivity contribution in [3.63, 3.8) is 0 Å². The zero-order chi connectivity index (χ0) is 32.6. The van der Waals surface area contributed by atoms with Crippen LogP contribution in [-0.4, -0.2) is 59.0 Å². The van der Waals surface area contributed by atoms with Crippen molar-refractivity contribution in [1.29, 1.82) is 0 Å². The van der Waals surface area contributed by atoms with E-state index in [-0.39, 0.29) is 35.2 Å². The van der Waals surface area contributed by atoms with E-state index in [1.165, 1.54) is 31.2 Å². The molecule has 1 unspecified atom stereocenters. The second-order valence-electron chi connectivity index (χ2n) is 10.7. The Balaban J connectivity index is 1.84. The van der Waals surface area contributed by atoms with E-state index in [0.29, 0.717) is 11.3 Å². The monoisotopic (exact) mass is 629 g/mol. The lowest BCUT2D eigenvalue weighted by Gasteiger charge is -2.34. The summed E-state index contributed by atoms with van der Waals surface area (Å²) in [5, 5.41) is 2.69. The van der Waals surface area contributed by atoms with Crippen LogP contribution in [0.3, 0.4) is 0 Å². The van der Waals surface area contributed by atoms with E-state index in [9.17, 15) is 18.0 Å². The molecule has 0 aliphatic rings. The summed E-state index contributed by atoms with van der Waals surface area (Å²) in [6.45, 7) is 3.15. The molecule has 0 aromatic heterocycles. The molecular weight excluding hydrogens is 590 g/mol. The van der Waals surface area contributed by atoms with Crippen LogP contribution in [0.15, 0.2) is 102 Å². The van der Waals surface area contributed by atoms with Crippen LogP contribution in [0.1, 0.15) is 22.3 Å². The van der Waals surface area contributed by atoms with Gasteiger partial charge in [0, 0.05) is 20.0 Å². The standard InChI is InChI=1S/C35H39N3O6S/c1-25-14-17-30(18-15-25)45(41,42)38(31-20-26(2)16-19-33(31)44-5)24-34(39)37(23-28-12-9-13-29(21-28)43-4)32(35(40)36-3)22-27-10-7-6-8-11-27/h6-21,32H,22-24H2,1-5H3,(H,36,40). The minimum absolute atomic E-state index is 0.0240. The summed E-state index contributed by atoms with van der Waals surface area (Å²) in [5.41, 5.74) is 3.45. The molecule has 0 saturated heterocycles. The first-order chi connectivity index (χ1) is 21.6. The molecule has 0 aliphatic carbocycles. The minimum atomic E-state index is -4.26. The number of anilines is 1. The van der Waals surface area contributed by atoms with Crippen LogP contribution >= 0.6 is 0 Å². The first kappa shape index (κ1) is 33.1. The molecule has 0 saturated carbocycles. The lowest BCUT2D eigenvalue weighted by molar-refractivity contribution is -0.139. The quantitative estimate of drug-likeness (QED) is 0.226. The largest absolute Gasteiger partial charge is 0.497 e. The molecule has 0 heterocycles. The molecule has 9 nitrogen and oxygen atoms in total. The number of hydrogen-bond donors (Lipinski definition) is 1. The summed E-state index contributed by atoms with van der Waals surface area (Å²) in [6, 6.07) is 27.2. The molecule has 0 spiro atoms. The van der Waals surface area contributed by atoms with Gasteiger partial charge in [-0.3, -0.25) is 13.9 Å². The molecular formula is C35H39N3O6S. The van der Waals surface area contributed by atoms with Crippen molar-refractivity contribution in [2.75, 3.05) is 32.1 Å². The zero-order valence-electron chi connectivity index (χ0n) is 26.2. The van der Waals surface area contributed by atoms with Crippen LogP contribution in [-0.2, 0) is 32.6 Å². The Morgan fingerprint density at radius 3 is 2.11 bits per heavy atom. The van der Waals surface area contributed by atoms with Crippen LogP contribution in [0.5, 0.6) is 11.5 Å². The van der Waals surface area contributed by atoms with E-state index in [1.807, 2.05) is 50.2 Å². The zero-order valence-corrected chi connectivity index (χ0v) is 27.0. The number of likely N-dealkylation sites (N-methyl/N-ethyl adjacent to an activating group) is 1. The van der Waals surface area contributed by atoms with Crippen molar-refractivity contribution in [3.8, 4) is 11.5 Å². The molecule has 0 fully saturated rings. The number of sulfonamides is 1. The SMILES string of the molecule is CNC(=O)C(Cc1ccccc1)N(Cc1cccc(OC)c1)C(=O)CN(c1cc(C)ccc1OC)S(=O)(=O)c1ccc(C)cc1. The van der Waals surface area contributed by atoms with Crippen molar-refractivity contribution < 1.29 is 27.5 Å². The van der Waals surface area contributed by atoms with Gasteiger partial charge < -0.3 is 19.7 Å². The van der Waals surface area contributed by atoms with Gasteiger partial charge in [0.15, 0.2) is 0 Å². The van der Waals surface area contributed by atoms with Crippen molar-refractivity contribution >= 4 is 27.5 Å². The third-order valence-corrected chi connectivity index (χ3v) is 9.27. The van der Waals surface area contributed by atoms with Gasteiger partial charge in [-0.25, -0.2) is 8.42 Å². The van der Waals surface area contributed by atoms with Gasteiger partial charge in [0.2, 0.25) is 11.8 Å². The van der Waals surface area contributed by atoms with Gasteiger partial charge in [0.1, 0.15) is 24.1 Å². The summed E-state index contributed by atoms with van der Waals surface area (Å²) in [5.74, 6) is -0.0686. The van der Waals surface area contributed by atoms with Gasteiger partial charge in [0.25, 0.3) is 10.0 Å². The molecule has 4 aromatic rings. The molecule has 0 aliphatic heterocycles. The average molecular weight is 630 g/mol. The number of amides is 2. The number of rotatable bonds is 13. The highest BCUT2D eigenvalue weighted by Gasteiger charge is 2.35. The van der Waals surface area contributed by atoms with E-state index < -0.39 is 28.5 Å². The van der Waals surface area contributed by atoms with Gasteiger partial charge in [-0.1, -0.05) is 66.2 Å². The van der Waals surface area contributed by atoms with E-state index in [4.69, 9.17) is 9.47 Å². The lowest BCUT2D eigenvalue weighted by Crippen LogP contribution is -2.53. The number of methoxy groups -OCH3 is 2. The van der Waals surface area contributed by atoms with Crippen LogP contribution in [0, 0.1) is 13.8 Å². The Labute approximate surface area is 265 Å². The predicted molar refractivity (Wildman–Crippen MR) is 175 cm³/mol. The van der Waals surface area contributed by atoms with Gasteiger partial charge in [-0.2, -0.15) is 0 Å². The van der Waals surface area contributed by atoms with Crippen molar-refractivity contribution in [2.24, 2.45) is 0 Å². The summed E-state index contributed by atoms with van der Waals surface area (Å²) < 4.78 is 40.6. The molecule has 4 aromatic carbocycles. The van der Waals surface area contributed by atoms with E-state index in [1.54, 1.807) is 55.6 Å². The topological polar surface area (TPSA) is 105 Å². The summed E-state index contributed by atoms with van der Waals surface area (Å²) in [6.07, 6.45) is 0.217. The number of carbonyl (C=O) groups is 2. The number of nitrogens with one attached hydrogen (secondary N) is 1. The van der Waals surface area contributed by atoms with Crippen molar-refractivity contribution in [2.45, 2.75) is 37.8 Å². The molecule has 0 bridgehead atoms. The number of carbonyl (C=O) groups excluding carboxylic acids is 2. The summed E-state index contributed by atoms with van der Waals surface area (Å²) in [7, 11) is 0.254. The summed E-state index contributed by atoms with van der Waals surface area (Å²) in [4.78, 5) is 29.4. The van der Waals surface area contributed by atoms with Crippen molar-refractivity contribution in [1.82, 2.24) is 10.2 Å². The fraction of sp³-hybridized carbons (Fsp3) is 0.257. The highest BCUT2D eigenvalue weighted by Crippen LogP contribution is 2.34. The average Bonchev–Trinajstić information content (AvgIpc) is 3.05.